The summed E-state index contributed by atoms with van der Waals surface area (Å²) in [4.78, 5) is 14.3. The second-order valence-corrected chi connectivity index (χ2v) is 6.84. The zero-order valence-corrected chi connectivity index (χ0v) is 15.7. The van der Waals surface area contributed by atoms with Crippen LogP contribution in [-0.2, 0) is 4.79 Å². The molecule has 0 bridgehead atoms. The van der Waals surface area contributed by atoms with Gasteiger partial charge in [-0.1, -0.05) is 44.2 Å². The molecule has 1 unspecified atom stereocenters. The summed E-state index contributed by atoms with van der Waals surface area (Å²) < 4.78 is 11.1. The second-order valence-electron chi connectivity index (χ2n) is 6.84. The first-order valence-electron chi connectivity index (χ1n) is 9.17. The summed E-state index contributed by atoms with van der Waals surface area (Å²) in [6.45, 7) is 4.90. The van der Waals surface area contributed by atoms with E-state index in [1.807, 2.05) is 44.2 Å². The Hall–Kier alpha value is -3.42. The van der Waals surface area contributed by atoms with Crippen LogP contribution in [0.2, 0.25) is 0 Å². The van der Waals surface area contributed by atoms with E-state index in [1.165, 1.54) is 4.80 Å². The van der Waals surface area contributed by atoms with Crippen LogP contribution in [0.3, 0.4) is 0 Å². The molecular formula is C20H21N5O3. The lowest BCUT2D eigenvalue weighted by Gasteiger charge is -2.21. The van der Waals surface area contributed by atoms with Crippen LogP contribution in [-0.4, -0.2) is 39.3 Å². The summed E-state index contributed by atoms with van der Waals surface area (Å²) >= 11 is 0. The molecule has 0 spiro atoms. The maximum Gasteiger partial charge on any atom is 0.251 e. The Kier molecular flexibility index (Phi) is 4.92. The molecule has 8 nitrogen and oxygen atoms in total. The van der Waals surface area contributed by atoms with E-state index in [-0.39, 0.29) is 11.8 Å². The molecule has 2 aromatic carbocycles. The van der Waals surface area contributed by atoms with Gasteiger partial charge in [-0.15, -0.1) is 10.2 Å². The first kappa shape index (κ1) is 18.0. The first-order valence-corrected chi connectivity index (χ1v) is 9.17. The first-order chi connectivity index (χ1) is 13.6. The number of aromatic nitrogens is 4. The van der Waals surface area contributed by atoms with E-state index in [0.717, 1.165) is 5.56 Å². The number of nitrogens with one attached hydrogen (secondary N) is 1. The minimum Gasteiger partial charge on any atom is -0.486 e. The molecule has 1 aliphatic heterocycles. The third-order valence-electron chi connectivity index (χ3n) is 4.42. The summed E-state index contributed by atoms with van der Waals surface area (Å²) in [6.07, 6.45) is 0. The van der Waals surface area contributed by atoms with Gasteiger partial charge in [-0.25, -0.2) is 0 Å². The largest absolute Gasteiger partial charge is 0.486 e. The molecule has 0 saturated heterocycles. The van der Waals surface area contributed by atoms with E-state index in [4.69, 9.17) is 9.47 Å². The number of ether oxygens (including phenoxy) is 2. The quantitative estimate of drug-likeness (QED) is 0.733. The van der Waals surface area contributed by atoms with Gasteiger partial charge in [0.1, 0.15) is 13.2 Å². The summed E-state index contributed by atoms with van der Waals surface area (Å²) in [7, 11) is 0. The van der Waals surface area contributed by atoms with Gasteiger partial charge in [0.25, 0.3) is 5.91 Å². The summed E-state index contributed by atoms with van der Waals surface area (Å²) in [6, 6.07) is 14.3. The van der Waals surface area contributed by atoms with Crippen LogP contribution in [0.4, 0.5) is 5.69 Å². The smallest absolute Gasteiger partial charge is 0.251 e. The van der Waals surface area contributed by atoms with Crippen LogP contribution in [0.5, 0.6) is 11.5 Å². The van der Waals surface area contributed by atoms with Crippen LogP contribution >= 0.6 is 0 Å². The Morgan fingerprint density at radius 3 is 2.57 bits per heavy atom. The number of amides is 1. The highest BCUT2D eigenvalue weighted by atomic mass is 16.6. The number of hydrogen-bond donors (Lipinski definition) is 1. The fraction of sp³-hybridized carbons (Fsp3) is 0.300. The molecule has 4 rings (SSSR count). The van der Waals surface area contributed by atoms with Gasteiger partial charge in [0, 0.05) is 17.3 Å². The van der Waals surface area contributed by atoms with Crippen molar-refractivity contribution in [2.45, 2.75) is 19.9 Å². The highest BCUT2D eigenvalue weighted by molar-refractivity contribution is 5.94. The molecule has 1 atom stereocenters. The van der Waals surface area contributed by atoms with Crippen molar-refractivity contribution in [3.05, 3.63) is 48.5 Å². The lowest BCUT2D eigenvalue weighted by atomic mass is 10.0. The fourth-order valence-electron chi connectivity index (χ4n) is 3.06. The Morgan fingerprint density at radius 1 is 1.07 bits per heavy atom. The molecule has 1 aromatic heterocycles. The zero-order chi connectivity index (χ0) is 19.5. The van der Waals surface area contributed by atoms with E-state index >= 15 is 0 Å². The van der Waals surface area contributed by atoms with Gasteiger partial charge < -0.3 is 14.8 Å². The van der Waals surface area contributed by atoms with Gasteiger partial charge in [0.2, 0.25) is 5.82 Å². The maximum absolute atomic E-state index is 13.0. The van der Waals surface area contributed by atoms with Crippen molar-refractivity contribution in [3.8, 4) is 22.9 Å². The van der Waals surface area contributed by atoms with Crippen LogP contribution < -0.4 is 14.8 Å². The van der Waals surface area contributed by atoms with Crippen molar-refractivity contribution >= 4 is 11.6 Å². The lowest BCUT2D eigenvalue weighted by Crippen LogP contribution is -2.31. The number of carbonyl (C=O) groups is 1. The minimum atomic E-state index is -0.599. The van der Waals surface area contributed by atoms with Crippen molar-refractivity contribution in [2.75, 3.05) is 18.5 Å². The molecule has 1 N–H and O–H groups in total. The van der Waals surface area contributed by atoms with Gasteiger partial charge in [0.15, 0.2) is 17.5 Å². The van der Waals surface area contributed by atoms with Crippen molar-refractivity contribution in [1.29, 1.82) is 0 Å². The number of fused-ring (bicyclic) bond motifs is 1. The lowest BCUT2D eigenvalue weighted by molar-refractivity contribution is -0.121. The molecule has 0 fully saturated rings. The molecule has 0 radical (unpaired) electrons. The minimum absolute atomic E-state index is 0.0324. The highest BCUT2D eigenvalue weighted by Gasteiger charge is 2.27. The number of nitrogens with zero attached hydrogens (tertiary/aromatic N) is 4. The van der Waals surface area contributed by atoms with Crippen LogP contribution in [0.1, 0.15) is 19.9 Å². The SMILES string of the molecule is CC(C)C(C(=O)Nc1ccc2c(c1)OCCO2)n1nnc(-c2ccccc2)n1. The predicted molar refractivity (Wildman–Crippen MR) is 103 cm³/mol. The molecule has 144 valence electrons. The Balaban J connectivity index is 1.55. The van der Waals surface area contributed by atoms with Crippen LogP contribution in [0.15, 0.2) is 48.5 Å². The van der Waals surface area contributed by atoms with E-state index in [1.54, 1.807) is 18.2 Å². The fourth-order valence-corrected chi connectivity index (χ4v) is 3.06. The summed E-state index contributed by atoms with van der Waals surface area (Å²) in [5, 5.41) is 15.6. The number of tetrazole rings is 1. The standard InChI is InChI=1S/C20H21N5O3/c1-13(2)18(25-23-19(22-24-25)14-6-4-3-5-7-14)20(26)21-15-8-9-16-17(12-15)28-11-10-27-16/h3-9,12-13,18H,10-11H2,1-2H3,(H,21,26). The molecule has 8 heteroatoms. The molecule has 0 saturated carbocycles. The van der Waals surface area contributed by atoms with Crippen molar-refractivity contribution in [1.82, 2.24) is 20.2 Å². The van der Waals surface area contributed by atoms with E-state index in [0.29, 0.717) is 36.2 Å². The number of anilines is 1. The number of rotatable bonds is 5. The molecule has 28 heavy (non-hydrogen) atoms. The number of carbonyl (C=O) groups excluding carboxylic acids is 1. The average molecular weight is 379 g/mol. The Bertz CT molecular complexity index is 971. The number of benzene rings is 2. The van der Waals surface area contributed by atoms with Crippen LogP contribution in [0, 0.1) is 5.92 Å². The zero-order valence-electron chi connectivity index (χ0n) is 15.7. The average Bonchev–Trinajstić information content (AvgIpc) is 3.18. The monoisotopic (exact) mass is 379 g/mol. The molecular weight excluding hydrogens is 358 g/mol. The van der Waals surface area contributed by atoms with Crippen molar-refractivity contribution in [2.24, 2.45) is 5.92 Å². The van der Waals surface area contributed by atoms with Crippen molar-refractivity contribution in [3.63, 3.8) is 0 Å². The summed E-state index contributed by atoms with van der Waals surface area (Å²) in [5.41, 5.74) is 1.48. The molecule has 0 aliphatic carbocycles. The molecule has 1 amide bonds. The van der Waals surface area contributed by atoms with Gasteiger partial charge >= 0.3 is 0 Å². The number of hydrogen-bond acceptors (Lipinski definition) is 6. The molecule has 1 aliphatic rings. The topological polar surface area (TPSA) is 91.2 Å². The van der Waals surface area contributed by atoms with Gasteiger partial charge in [-0.3, -0.25) is 4.79 Å². The predicted octanol–water partition coefficient (Wildman–Crippen LogP) is 2.95. The maximum atomic E-state index is 13.0. The van der Waals surface area contributed by atoms with Crippen molar-refractivity contribution < 1.29 is 14.3 Å². The third-order valence-corrected chi connectivity index (χ3v) is 4.42. The van der Waals surface area contributed by atoms with Crippen LogP contribution in [0.25, 0.3) is 11.4 Å². The second kappa shape index (κ2) is 7.67. The highest BCUT2D eigenvalue weighted by Crippen LogP contribution is 2.33. The van der Waals surface area contributed by atoms with Gasteiger partial charge in [-0.05, 0) is 23.3 Å². The van der Waals surface area contributed by atoms with Gasteiger partial charge in [0.05, 0.1) is 0 Å². The van der Waals surface area contributed by atoms with Gasteiger partial charge in [-0.2, -0.15) is 4.80 Å². The molecule has 2 heterocycles. The Morgan fingerprint density at radius 2 is 1.82 bits per heavy atom. The molecule has 3 aromatic rings. The van der Waals surface area contributed by atoms with E-state index in [9.17, 15) is 4.79 Å². The Labute approximate surface area is 162 Å². The normalized spacial score (nSPS) is 14.0. The summed E-state index contributed by atoms with van der Waals surface area (Å²) in [5.74, 6) is 1.53. The van der Waals surface area contributed by atoms with E-state index < -0.39 is 6.04 Å². The third kappa shape index (κ3) is 3.66. The van der Waals surface area contributed by atoms with E-state index in [2.05, 4.69) is 20.7 Å².